The van der Waals surface area contributed by atoms with Gasteiger partial charge in [0.05, 0.1) is 16.9 Å². The number of aromatic nitrogens is 1. The number of halogens is 2. The Morgan fingerprint density at radius 2 is 1.64 bits per heavy atom. The third-order valence-electron chi connectivity index (χ3n) is 3.65. The number of nitrogens with zero attached hydrogens (tertiary/aromatic N) is 1. The molecule has 28 heavy (non-hydrogen) atoms. The molecule has 3 aromatic rings. The van der Waals surface area contributed by atoms with Crippen molar-refractivity contribution in [3.05, 3.63) is 77.3 Å². The fourth-order valence-corrected chi connectivity index (χ4v) is 2.60. The van der Waals surface area contributed by atoms with Crippen LogP contribution in [0.15, 0.2) is 60.8 Å². The second kappa shape index (κ2) is 8.49. The van der Waals surface area contributed by atoms with E-state index >= 15 is 0 Å². The normalized spacial score (nSPS) is 10.2. The zero-order valence-electron chi connectivity index (χ0n) is 14.8. The summed E-state index contributed by atoms with van der Waals surface area (Å²) in [6.45, 7) is 1.41. The standard InChI is InChI=1S/C20H16ClFN4O2/c1-12(27)24-13-3-2-4-14(9-13)26-20(28)19-8-6-16(11-23-19)25-15-5-7-18(22)17(21)10-15/h2-11,25H,1H3,(H,24,27)(H,26,28). The van der Waals surface area contributed by atoms with Crippen LogP contribution in [0.4, 0.5) is 27.1 Å². The van der Waals surface area contributed by atoms with Gasteiger partial charge in [-0.2, -0.15) is 0 Å². The third-order valence-corrected chi connectivity index (χ3v) is 3.93. The molecule has 3 rings (SSSR count). The molecule has 1 heterocycles. The Balaban J connectivity index is 1.66. The number of benzene rings is 2. The molecule has 0 saturated heterocycles. The number of pyridine rings is 1. The number of carbonyl (C=O) groups is 2. The number of hydrogen-bond acceptors (Lipinski definition) is 4. The zero-order chi connectivity index (χ0) is 20.1. The smallest absolute Gasteiger partial charge is 0.274 e. The Morgan fingerprint density at radius 3 is 2.29 bits per heavy atom. The summed E-state index contributed by atoms with van der Waals surface area (Å²) in [4.78, 5) is 27.6. The van der Waals surface area contributed by atoms with E-state index in [0.29, 0.717) is 22.7 Å². The summed E-state index contributed by atoms with van der Waals surface area (Å²) < 4.78 is 13.2. The highest BCUT2D eigenvalue weighted by molar-refractivity contribution is 6.31. The Hall–Kier alpha value is -3.45. The Bertz CT molecular complexity index is 1020. The van der Waals surface area contributed by atoms with Gasteiger partial charge in [0, 0.05) is 24.0 Å². The number of carbonyl (C=O) groups excluding carboxylic acids is 2. The van der Waals surface area contributed by atoms with E-state index in [4.69, 9.17) is 11.6 Å². The first kappa shape index (κ1) is 19.3. The van der Waals surface area contributed by atoms with Crippen molar-refractivity contribution in [3.63, 3.8) is 0 Å². The lowest BCUT2D eigenvalue weighted by atomic mass is 10.2. The quantitative estimate of drug-likeness (QED) is 0.575. The minimum Gasteiger partial charge on any atom is -0.354 e. The average molecular weight is 399 g/mol. The van der Waals surface area contributed by atoms with Gasteiger partial charge in [0.2, 0.25) is 5.91 Å². The Kier molecular flexibility index (Phi) is 5.86. The van der Waals surface area contributed by atoms with Gasteiger partial charge in [0.25, 0.3) is 5.91 Å². The van der Waals surface area contributed by atoms with Gasteiger partial charge in [-0.1, -0.05) is 17.7 Å². The van der Waals surface area contributed by atoms with Crippen LogP contribution in [0, 0.1) is 5.82 Å². The maximum atomic E-state index is 13.2. The van der Waals surface area contributed by atoms with Crippen LogP contribution < -0.4 is 16.0 Å². The van der Waals surface area contributed by atoms with Crippen molar-refractivity contribution in [2.75, 3.05) is 16.0 Å². The second-order valence-electron chi connectivity index (χ2n) is 5.90. The number of hydrogen-bond donors (Lipinski definition) is 3. The van der Waals surface area contributed by atoms with Crippen molar-refractivity contribution in [3.8, 4) is 0 Å². The maximum absolute atomic E-state index is 13.2. The van der Waals surface area contributed by atoms with E-state index in [1.807, 2.05) is 0 Å². The molecule has 8 heteroatoms. The first-order valence-electron chi connectivity index (χ1n) is 8.28. The molecule has 2 aromatic carbocycles. The molecule has 0 aliphatic carbocycles. The van der Waals surface area contributed by atoms with Crippen LogP contribution in [-0.2, 0) is 4.79 Å². The largest absolute Gasteiger partial charge is 0.354 e. The van der Waals surface area contributed by atoms with Crippen LogP contribution in [0.1, 0.15) is 17.4 Å². The van der Waals surface area contributed by atoms with E-state index < -0.39 is 11.7 Å². The molecule has 142 valence electrons. The lowest BCUT2D eigenvalue weighted by Gasteiger charge is -2.09. The summed E-state index contributed by atoms with van der Waals surface area (Å²) in [5.41, 5.74) is 2.54. The first-order valence-corrected chi connectivity index (χ1v) is 8.65. The van der Waals surface area contributed by atoms with Crippen molar-refractivity contribution in [1.29, 1.82) is 0 Å². The van der Waals surface area contributed by atoms with Crippen molar-refractivity contribution >= 4 is 46.2 Å². The molecular formula is C20H16ClFN4O2. The second-order valence-corrected chi connectivity index (χ2v) is 6.31. The molecule has 0 unspecified atom stereocenters. The molecule has 0 aliphatic heterocycles. The molecule has 0 spiro atoms. The summed E-state index contributed by atoms with van der Waals surface area (Å²) in [6, 6.07) is 14.3. The fraction of sp³-hybridized carbons (Fsp3) is 0.0500. The number of nitrogens with one attached hydrogen (secondary N) is 3. The third kappa shape index (κ3) is 5.05. The van der Waals surface area contributed by atoms with Crippen molar-refractivity contribution < 1.29 is 14.0 Å². The molecule has 2 amide bonds. The van der Waals surface area contributed by atoms with Crippen molar-refractivity contribution in [2.24, 2.45) is 0 Å². The number of rotatable bonds is 5. The van der Waals surface area contributed by atoms with Gasteiger partial charge in [0.1, 0.15) is 11.5 Å². The minimum absolute atomic E-state index is 0.00968. The Labute approximate surface area is 165 Å². The van der Waals surface area contributed by atoms with Gasteiger partial charge in [-0.3, -0.25) is 9.59 Å². The molecule has 0 radical (unpaired) electrons. The predicted octanol–water partition coefficient (Wildman–Crippen LogP) is 4.83. The summed E-state index contributed by atoms with van der Waals surface area (Å²) in [5, 5.41) is 8.41. The highest BCUT2D eigenvalue weighted by Crippen LogP contribution is 2.22. The van der Waals surface area contributed by atoms with E-state index in [9.17, 15) is 14.0 Å². The fourth-order valence-electron chi connectivity index (χ4n) is 2.42. The van der Waals surface area contributed by atoms with E-state index in [1.165, 1.54) is 25.3 Å². The van der Waals surface area contributed by atoms with Crippen LogP contribution in [-0.4, -0.2) is 16.8 Å². The number of anilines is 4. The van der Waals surface area contributed by atoms with Crippen LogP contribution in [0.3, 0.4) is 0 Å². The average Bonchev–Trinajstić information content (AvgIpc) is 2.65. The predicted molar refractivity (Wildman–Crippen MR) is 108 cm³/mol. The summed E-state index contributed by atoms with van der Waals surface area (Å²) in [5.74, 6) is -1.09. The van der Waals surface area contributed by atoms with Gasteiger partial charge >= 0.3 is 0 Å². The topological polar surface area (TPSA) is 83.1 Å². The van der Waals surface area contributed by atoms with E-state index in [-0.39, 0.29) is 16.6 Å². The van der Waals surface area contributed by atoms with Crippen LogP contribution >= 0.6 is 11.6 Å². The lowest BCUT2D eigenvalue weighted by Crippen LogP contribution is -2.14. The molecular weight excluding hydrogens is 383 g/mol. The van der Waals surface area contributed by atoms with E-state index in [2.05, 4.69) is 20.9 Å². The molecule has 3 N–H and O–H groups in total. The van der Waals surface area contributed by atoms with E-state index in [1.54, 1.807) is 42.5 Å². The molecule has 1 aromatic heterocycles. The Morgan fingerprint density at radius 1 is 0.929 bits per heavy atom. The van der Waals surface area contributed by atoms with Crippen LogP contribution in [0.2, 0.25) is 5.02 Å². The van der Waals surface area contributed by atoms with Gasteiger partial charge in [-0.05, 0) is 48.5 Å². The van der Waals surface area contributed by atoms with Crippen LogP contribution in [0.25, 0.3) is 0 Å². The van der Waals surface area contributed by atoms with Crippen molar-refractivity contribution in [2.45, 2.75) is 6.92 Å². The minimum atomic E-state index is -0.500. The maximum Gasteiger partial charge on any atom is 0.274 e. The summed E-state index contributed by atoms with van der Waals surface area (Å²) in [7, 11) is 0. The number of amides is 2. The highest BCUT2D eigenvalue weighted by Gasteiger charge is 2.09. The lowest BCUT2D eigenvalue weighted by molar-refractivity contribution is -0.114. The molecule has 0 bridgehead atoms. The molecule has 0 atom stereocenters. The first-order chi connectivity index (χ1) is 13.4. The van der Waals surface area contributed by atoms with Crippen LogP contribution in [0.5, 0.6) is 0 Å². The molecule has 0 saturated carbocycles. The van der Waals surface area contributed by atoms with Gasteiger partial charge in [-0.15, -0.1) is 0 Å². The summed E-state index contributed by atoms with van der Waals surface area (Å²) >= 11 is 5.76. The van der Waals surface area contributed by atoms with E-state index in [0.717, 1.165) is 0 Å². The zero-order valence-corrected chi connectivity index (χ0v) is 15.5. The monoisotopic (exact) mass is 398 g/mol. The summed E-state index contributed by atoms with van der Waals surface area (Å²) in [6.07, 6.45) is 1.49. The molecule has 0 fully saturated rings. The van der Waals surface area contributed by atoms with Gasteiger partial charge < -0.3 is 16.0 Å². The molecule has 0 aliphatic rings. The highest BCUT2D eigenvalue weighted by atomic mass is 35.5. The SMILES string of the molecule is CC(=O)Nc1cccc(NC(=O)c2ccc(Nc3ccc(F)c(Cl)c3)cn2)c1. The van der Waals surface area contributed by atoms with Crippen molar-refractivity contribution in [1.82, 2.24) is 4.98 Å². The van der Waals surface area contributed by atoms with Gasteiger partial charge in [0.15, 0.2) is 0 Å². The molecule has 6 nitrogen and oxygen atoms in total. The van der Waals surface area contributed by atoms with Gasteiger partial charge in [-0.25, -0.2) is 9.37 Å².